The molecule has 0 bridgehead atoms. The lowest BCUT2D eigenvalue weighted by molar-refractivity contribution is -0.117. The van der Waals surface area contributed by atoms with Crippen molar-refractivity contribution in [2.75, 3.05) is 5.32 Å². The van der Waals surface area contributed by atoms with E-state index < -0.39 is 0 Å². The number of hydrogen-bond acceptors (Lipinski definition) is 2. The van der Waals surface area contributed by atoms with Gasteiger partial charge in [0.25, 0.3) is 0 Å². The van der Waals surface area contributed by atoms with Crippen LogP contribution in [-0.4, -0.2) is 5.91 Å². The van der Waals surface area contributed by atoms with Crippen LogP contribution in [0.2, 0.25) is 0 Å². The summed E-state index contributed by atoms with van der Waals surface area (Å²) in [7, 11) is 0. The maximum absolute atomic E-state index is 11.9. The molecule has 1 saturated carbocycles. The van der Waals surface area contributed by atoms with E-state index in [-0.39, 0.29) is 11.8 Å². The fourth-order valence-corrected chi connectivity index (χ4v) is 2.03. The molecule has 0 unspecified atom stereocenters. The molecule has 0 heterocycles. The molecule has 1 N–H and O–H groups in total. The number of benzene rings is 2. The van der Waals surface area contributed by atoms with Crippen molar-refractivity contribution in [3.63, 3.8) is 0 Å². The molecule has 0 aliphatic heterocycles. The summed E-state index contributed by atoms with van der Waals surface area (Å²) in [6.07, 6.45) is 1.99. The van der Waals surface area contributed by atoms with Gasteiger partial charge in [0.1, 0.15) is 5.75 Å². The van der Waals surface area contributed by atoms with E-state index in [0.29, 0.717) is 5.75 Å². The predicted octanol–water partition coefficient (Wildman–Crippen LogP) is 4.14. The Bertz CT molecular complexity index is 632. The van der Waals surface area contributed by atoms with Crippen LogP contribution in [0.1, 0.15) is 18.4 Å². The Hall–Kier alpha value is -2.29. The summed E-state index contributed by atoms with van der Waals surface area (Å²) in [4.78, 5) is 11.9. The second kappa shape index (κ2) is 5.37. The van der Waals surface area contributed by atoms with Crippen molar-refractivity contribution in [1.82, 2.24) is 0 Å². The van der Waals surface area contributed by atoms with E-state index in [9.17, 15) is 4.79 Å². The Labute approximate surface area is 118 Å². The van der Waals surface area contributed by atoms with Crippen LogP contribution in [0.25, 0.3) is 0 Å². The lowest BCUT2D eigenvalue weighted by Crippen LogP contribution is -2.13. The quantitative estimate of drug-likeness (QED) is 0.904. The second-order valence-corrected chi connectivity index (χ2v) is 5.13. The molecule has 2 aromatic rings. The molecule has 3 nitrogen and oxygen atoms in total. The highest BCUT2D eigenvalue weighted by Crippen LogP contribution is 2.34. The molecular formula is C17H17NO2. The Morgan fingerprint density at radius 3 is 2.40 bits per heavy atom. The van der Waals surface area contributed by atoms with Crippen LogP contribution in [0.4, 0.5) is 5.69 Å². The van der Waals surface area contributed by atoms with Gasteiger partial charge in [-0.2, -0.15) is 0 Å². The van der Waals surface area contributed by atoms with E-state index >= 15 is 0 Å². The monoisotopic (exact) mass is 267 g/mol. The summed E-state index contributed by atoms with van der Waals surface area (Å²) in [5, 5.41) is 2.95. The Kier molecular flexibility index (Phi) is 3.42. The number of aryl methyl sites for hydroxylation is 1. The van der Waals surface area contributed by atoms with Crippen molar-refractivity contribution in [3.05, 3.63) is 54.1 Å². The van der Waals surface area contributed by atoms with Crippen molar-refractivity contribution in [2.45, 2.75) is 19.8 Å². The maximum Gasteiger partial charge on any atom is 0.227 e. The third kappa shape index (κ3) is 2.82. The summed E-state index contributed by atoms with van der Waals surface area (Å²) in [5.41, 5.74) is 1.79. The van der Waals surface area contributed by atoms with Gasteiger partial charge in [-0.1, -0.05) is 30.3 Å². The van der Waals surface area contributed by atoms with E-state index in [2.05, 4.69) is 5.32 Å². The molecule has 20 heavy (non-hydrogen) atoms. The van der Waals surface area contributed by atoms with E-state index in [1.54, 1.807) is 0 Å². The topological polar surface area (TPSA) is 38.3 Å². The third-order valence-electron chi connectivity index (χ3n) is 3.41. The first-order valence-corrected chi connectivity index (χ1v) is 6.87. The first-order chi connectivity index (χ1) is 9.74. The average molecular weight is 267 g/mol. The fourth-order valence-electron chi connectivity index (χ4n) is 2.03. The number of hydrogen-bond donors (Lipinski definition) is 1. The SMILES string of the molecule is Cc1ccccc1Oc1ccccc1NC(=O)C1CC1. The first-order valence-electron chi connectivity index (χ1n) is 6.87. The first kappa shape index (κ1) is 12.7. The standard InChI is InChI=1S/C17H17NO2/c1-12-6-2-4-8-15(12)20-16-9-5-3-7-14(16)18-17(19)13-10-11-13/h2-9,13H,10-11H2,1H3,(H,18,19). The molecule has 0 saturated heterocycles. The number of amides is 1. The number of nitrogens with one attached hydrogen (secondary N) is 1. The van der Waals surface area contributed by atoms with Crippen LogP contribution in [-0.2, 0) is 4.79 Å². The van der Waals surface area contributed by atoms with Gasteiger partial charge in [-0.25, -0.2) is 0 Å². The maximum atomic E-state index is 11.9. The molecule has 2 aromatic carbocycles. The van der Waals surface area contributed by atoms with Crippen LogP contribution < -0.4 is 10.1 Å². The number of anilines is 1. The molecular weight excluding hydrogens is 250 g/mol. The molecule has 3 rings (SSSR count). The minimum atomic E-state index is 0.0887. The van der Waals surface area contributed by atoms with E-state index in [1.165, 1.54) is 0 Å². The van der Waals surface area contributed by atoms with Crippen molar-refractivity contribution in [1.29, 1.82) is 0 Å². The van der Waals surface area contributed by atoms with Crippen LogP contribution in [0, 0.1) is 12.8 Å². The van der Waals surface area contributed by atoms with Crippen LogP contribution in [0.15, 0.2) is 48.5 Å². The highest BCUT2D eigenvalue weighted by molar-refractivity contribution is 5.95. The van der Waals surface area contributed by atoms with Crippen LogP contribution in [0.5, 0.6) is 11.5 Å². The zero-order valence-electron chi connectivity index (χ0n) is 11.4. The van der Waals surface area contributed by atoms with Gasteiger partial charge >= 0.3 is 0 Å². The molecule has 0 spiro atoms. The van der Waals surface area contributed by atoms with Crippen molar-refractivity contribution in [3.8, 4) is 11.5 Å². The zero-order chi connectivity index (χ0) is 13.9. The molecule has 1 aliphatic carbocycles. The minimum Gasteiger partial charge on any atom is -0.455 e. The summed E-state index contributed by atoms with van der Waals surface area (Å²) in [6.45, 7) is 2.00. The summed E-state index contributed by atoms with van der Waals surface area (Å²) < 4.78 is 5.93. The second-order valence-electron chi connectivity index (χ2n) is 5.13. The highest BCUT2D eigenvalue weighted by Gasteiger charge is 2.30. The summed E-state index contributed by atoms with van der Waals surface area (Å²) in [6, 6.07) is 15.4. The summed E-state index contributed by atoms with van der Waals surface area (Å²) >= 11 is 0. The molecule has 1 amide bonds. The van der Waals surface area contributed by atoms with E-state index in [0.717, 1.165) is 29.8 Å². The number of carbonyl (C=O) groups excluding carboxylic acids is 1. The van der Waals surface area contributed by atoms with Gasteiger partial charge in [0.15, 0.2) is 5.75 Å². The zero-order valence-corrected chi connectivity index (χ0v) is 11.4. The Morgan fingerprint density at radius 1 is 1.05 bits per heavy atom. The molecule has 0 radical (unpaired) electrons. The number of carbonyl (C=O) groups is 1. The van der Waals surface area contributed by atoms with Gasteiger partial charge in [-0.05, 0) is 43.5 Å². The molecule has 0 aromatic heterocycles. The van der Waals surface area contributed by atoms with Crippen molar-refractivity contribution >= 4 is 11.6 Å². The van der Waals surface area contributed by atoms with E-state index in [1.807, 2.05) is 55.5 Å². The van der Waals surface area contributed by atoms with Gasteiger partial charge in [-0.3, -0.25) is 4.79 Å². The fraction of sp³-hybridized carbons (Fsp3) is 0.235. The van der Waals surface area contributed by atoms with Gasteiger partial charge in [0.2, 0.25) is 5.91 Å². The van der Waals surface area contributed by atoms with Gasteiger partial charge in [0, 0.05) is 5.92 Å². The Balaban J connectivity index is 1.82. The molecule has 1 fully saturated rings. The molecule has 0 atom stereocenters. The lowest BCUT2D eigenvalue weighted by Gasteiger charge is -2.13. The van der Waals surface area contributed by atoms with Crippen molar-refractivity contribution < 1.29 is 9.53 Å². The van der Waals surface area contributed by atoms with Crippen molar-refractivity contribution in [2.24, 2.45) is 5.92 Å². The van der Waals surface area contributed by atoms with Crippen LogP contribution in [0.3, 0.4) is 0 Å². The minimum absolute atomic E-state index is 0.0887. The highest BCUT2D eigenvalue weighted by atomic mass is 16.5. The largest absolute Gasteiger partial charge is 0.455 e. The summed E-state index contributed by atoms with van der Waals surface area (Å²) in [5.74, 6) is 1.75. The van der Waals surface area contributed by atoms with Gasteiger partial charge < -0.3 is 10.1 Å². The van der Waals surface area contributed by atoms with E-state index in [4.69, 9.17) is 4.74 Å². The number of rotatable bonds is 4. The number of ether oxygens (including phenoxy) is 1. The molecule has 1 aliphatic rings. The normalized spacial score (nSPS) is 13.8. The van der Waals surface area contributed by atoms with Crippen LogP contribution >= 0.6 is 0 Å². The average Bonchev–Trinajstić information content (AvgIpc) is 3.28. The van der Waals surface area contributed by atoms with Gasteiger partial charge in [0.05, 0.1) is 5.69 Å². The smallest absolute Gasteiger partial charge is 0.227 e. The molecule has 102 valence electrons. The number of para-hydroxylation sites is 3. The lowest BCUT2D eigenvalue weighted by atomic mass is 10.2. The van der Waals surface area contributed by atoms with Gasteiger partial charge in [-0.15, -0.1) is 0 Å². The third-order valence-corrected chi connectivity index (χ3v) is 3.41. The Morgan fingerprint density at radius 2 is 1.70 bits per heavy atom. The predicted molar refractivity (Wildman–Crippen MR) is 79.0 cm³/mol. The molecule has 3 heteroatoms.